The lowest BCUT2D eigenvalue weighted by molar-refractivity contribution is -0.870. The first-order valence-electron chi connectivity index (χ1n) is 35.1. The summed E-state index contributed by atoms with van der Waals surface area (Å²) in [5.74, 6) is -0.523. The molecule has 0 spiro atoms. The van der Waals surface area contributed by atoms with Gasteiger partial charge in [0.15, 0.2) is 0 Å². The Balaban J connectivity index is 5.11. The molecule has 3 atom stereocenters. The van der Waals surface area contributed by atoms with Gasteiger partial charge in [0.1, 0.15) is 19.3 Å². The number of phosphoric acid groups is 1. The van der Waals surface area contributed by atoms with Crippen molar-refractivity contribution in [3.05, 3.63) is 97.2 Å². The van der Waals surface area contributed by atoms with Crippen LogP contribution in [-0.4, -0.2) is 74.3 Å². The highest BCUT2D eigenvalue weighted by atomic mass is 31.2. The van der Waals surface area contributed by atoms with E-state index in [0.29, 0.717) is 23.9 Å². The summed E-state index contributed by atoms with van der Waals surface area (Å²) in [6.45, 7) is 6.88. The third-order valence-corrected chi connectivity index (χ3v) is 16.2. The van der Waals surface area contributed by atoms with Gasteiger partial charge in [-0.15, -0.1) is 0 Å². The van der Waals surface area contributed by atoms with Gasteiger partial charge in [0.25, 0.3) is 0 Å². The van der Waals surface area contributed by atoms with Crippen molar-refractivity contribution in [1.29, 1.82) is 0 Å². The minimum atomic E-state index is -4.46. The Bertz CT molecular complexity index is 1760. The smallest absolute Gasteiger partial charge is 0.456 e. The van der Waals surface area contributed by atoms with E-state index in [1.165, 1.54) is 161 Å². The molecule has 84 heavy (non-hydrogen) atoms. The highest BCUT2D eigenvalue weighted by molar-refractivity contribution is 7.47. The third kappa shape index (κ3) is 63.4. The molecule has 0 saturated carbocycles. The van der Waals surface area contributed by atoms with Crippen LogP contribution in [-0.2, 0) is 27.9 Å². The summed E-state index contributed by atoms with van der Waals surface area (Å²) < 4.78 is 30.8. The fourth-order valence-electron chi connectivity index (χ4n) is 9.88. The minimum absolute atomic E-state index is 0.0336. The third-order valence-electron chi connectivity index (χ3n) is 15.3. The van der Waals surface area contributed by atoms with E-state index in [2.05, 4.69) is 111 Å². The number of esters is 1. The van der Waals surface area contributed by atoms with E-state index < -0.39 is 20.0 Å². The zero-order chi connectivity index (χ0) is 61.4. The lowest BCUT2D eigenvalue weighted by Crippen LogP contribution is -2.47. The Morgan fingerprint density at radius 3 is 1.17 bits per heavy atom. The van der Waals surface area contributed by atoms with E-state index in [4.69, 9.17) is 13.8 Å². The van der Waals surface area contributed by atoms with Gasteiger partial charge in [0, 0.05) is 12.8 Å². The molecule has 0 saturated heterocycles. The molecule has 9 nitrogen and oxygen atoms in total. The number of allylic oxidation sites excluding steroid dienone is 15. The number of unbranched alkanes of at least 4 members (excludes halogenated alkanes) is 33. The molecule has 0 aliphatic rings. The van der Waals surface area contributed by atoms with Crippen LogP contribution < -0.4 is 5.32 Å². The number of hydrogen-bond donors (Lipinski definition) is 2. The Morgan fingerprint density at radius 1 is 0.429 bits per heavy atom. The van der Waals surface area contributed by atoms with Crippen molar-refractivity contribution in [2.75, 3.05) is 40.9 Å². The van der Waals surface area contributed by atoms with Crippen LogP contribution in [0.5, 0.6) is 0 Å². The fourth-order valence-corrected chi connectivity index (χ4v) is 10.6. The average molecular weight is 1190 g/mol. The van der Waals surface area contributed by atoms with E-state index in [9.17, 15) is 19.0 Å². The van der Waals surface area contributed by atoms with Crippen molar-refractivity contribution in [3.8, 4) is 0 Å². The first kappa shape index (κ1) is 80.9. The van der Waals surface area contributed by atoms with Crippen LogP contribution in [0.15, 0.2) is 97.2 Å². The number of amides is 1. The lowest BCUT2D eigenvalue weighted by atomic mass is 10.0. The van der Waals surface area contributed by atoms with Gasteiger partial charge >= 0.3 is 13.8 Å². The number of hydrogen-bond acceptors (Lipinski definition) is 6. The number of rotatable bonds is 63. The van der Waals surface area contributed by atoms with E-state index in [1.807, 2.05) is 33.3 Å². The largest absolute Gasteiger partial charge is 0.472 e. The molecular weight excluding hydrogens is 1060 g/mol. The van der Waals surface area contributed by atoms with E-state index >= 15 is 0 Å². The molecule has 0 aromatic rings. The van der Waals surface area contributed by atoms with Crippen molar-refractivity contribution in [2.45, 2.75) is 322 Å². The summed E-state index contributed by atoms with van der Waals surface area (Å²) >= 11 is 0. The van der Waals surface area contributed by atoms with Gasteiger partial charge in [-0.3, -0.25) is 18.6 Å². The van der Waals surface area contributed by atoms with Crippen LogP contribution in [0.1, 0.15) is 310 Å². The zero-order valence-electron chi connectivity index (χ0n) is 55.6. The molecule has 10 heteroatoms. The quantitative estimate of drug-likeness (QED) is 0.0205. The van der Waals surface area contributed by atoms with E-state index in [0.717, 1.165) is 109 Å². The monoisotopic (exact) mass is 1190 g/mol. The number of quaternary nitrogens is 1. The summed E-state index contributed by atoms with van der Waals surface area (Å²) in [5.41, 5.74) is 0. The molecule has 1 amide bonds. The van der Waals surface area contributed by atoms with Crippen molar-refractivity contribution < 1.29 is 37.3 Å². The molecule has 0 bridgehead atoms. The van der Waals surface area contributed by atoms with Gasteiger partial charge < -0.3 is 19.4 Å². The van der Waals surface area contributed by atoms with Crippen molar-refractivity contribution in [1.82, 2.24) is 5.32 Å². The van der Waals surface area contributed by atoms with E-state index in [-0.39, 0.29) is 31.5 Å². The van der Waals surface area contributed by atoms with Crippen molar-refractivity contribution >= 4 is 19.7 Å². The van der Waals surface area contributed by atoms with Crippen LogP contribution in [0.4, 0.5) is 0 Å². The molecule has 0 heterocycles. The van der Waals surface area contributed by atoms with Gasteiger partial charge in [-0.05, 0) is 109 Å². The summed E-state index contributed by atoms with van der Waals surface area (Å²) in [6.07, 6.45) is 85.6. The predicted molar refractivity (Wildman–Crippen MR) is 364 cm³/mol. The topological polar surface area (TPSA) is 111 Å². The maximum atomic E-state index is 13.6. The van der Waals surface area contributed by atoms with Crippen LogP contribution in [0, 0.1) is 0 Å². The maximum absolute atomic E-state index is 13.6. The molecule has 0 fully saturated rings. The van der Waals surface area contributed by atoms with E-state index in [1.54, 1.807) is 0 Å². The highest BCUT2D eigenvalue weighted by Crippen LogP contribution is 2.43. The number of nitrogens with one attached hydrogen (secondary N) is 1. The van der Waals surface area contributed by atoms with Gasteiger partial charge in [-0.25, -0.2) is 4.57 Å². The zero-order valence-corrected chi connectivity index (χ0v) is 56.5. The summed E-state index contributed by atoms with van der Waals surface area (Å²) in [4.78, 5) is 37.9. The maximum Gasteiger partial charge on any atom is 0.472 e. The summed E-state index contributed by atoms with van der Waals surface area (Å²) in [6, 6.07) is -0.862. The molecule has 486 valence electrons. The minimum Gasteiger partial charge on any atom is -0.456 e. The number of likely N-dealkylation sites (N-methyl/N-ethyl adjacent to an activating group) is 1. The van der Waals surface area contributed by atoms with Gasteiger partial charge in [-0.2, -0.15) is 0 Å². The second kappa shape index (κ2) is 63.0. The van der Waals surface area contributed by atoms with Gasteiger partial charge in [-0.1, -0.05) is 285 Å². The van der Waals surface area contributed by atoms with Crippen molar-refractivity contribution in [3.63, 3.8) is 0 Å². The van der Waals surface area contributed by atoms with Crippen molar-refractivity contribution in [2.24, 2.45) is 0 Å². The number of ether oxygens (including phenoxy) is 1. The van der Waals surface area contributed by atoms with Gasteiger partial charge in [0.05, 0.1) is 33.8 Å². The Labute approximate surface area is 519 Å². The van der Waals surface area contributed by atoms with Crippen LogP contribution in [0.3, 0.4) is 0 Å². The standard InChI is InChI=1S/C74H133N2O7P/c1-7-10-13-16-19-22-25-28-30-32-34-36-37-38-39-41-42-44-46-48-51-54-57-60-63-66-73(77)75-71(70-82-84(79,80)81-69-68-76(4,5)6)72(65-62-59-56-53-50-27-24-21-18-15-12-9-3)83-74(78)67-64-61-58-55-52-49-47-45-43-40-35-33-31-29-26-23-20-17-14-11-8-2/h11,14,19-20,22-23,28-31,35,40,45,47,62,65,71-72H,7-10,12-13,15-18,21,24-27,32-34,36-39,41-44,46,48-61,63-64,66-70H2,1-6H3,(H-,75,77,79,80)/p+1/b14-11-,22-19-,23-20-,30-28-,31-29-,40-35-,47-45-,65-62-. The fraction of sp³-hybridized carbons (Fsp3) is 0.757. The van der Waals surface area contributed by atoms with Gasteiger partial charge in [0.2, 0.25) is 5.91 Å². The molecule has 0 aliphatic carbocycles. The first-order chi connectivity index (χ1) is 40.9. The average Bonchev–Trinajstić information content (AvgIpc) is 3.65. The number of phosphoric ester groups is 1. The predicted octanol–water partition coefficient (Wildman–Crippen LogP) is 22.3. The normalized spacial score (nSPS) is 14.1. The SMILES string of the molecule is CC/C=C\C/C=C\C/C=C\C/C=C\C/C=C\CCCCCCCC(=O)OC(/C=C\CCCCCCCCCCCC)C(COP(=O)(O)OCC[N+](C)(C)C)NC(=O)CCCCCCCCCCCCCCCCC/C=C\C/C=C\CCCCC. The second-order valence-electron chi connectivity index (χ2n) is 24.7. The Morgan fingerprint density at radius 2 is 0.762 bits per heavy atom. The molecule has 0 aromatic heterocycles. The number of nitrogens with zero attached hydrogens (tertiary/aromatic N) is 1. The Kier molecular flexibility index (Phi) is 60.7. The highest BCUT2D eigenvalue weighted by Gasteiger charge is 2.30. The molecule has 2 N–H and O–H groups in total. The molecule has 0 aliphatic heterocycles. The van der Waals surface area contributed by atoms with Crippen LogP contribution in [0.25, 0.3) is 0 Å². The second-order valence-corrected chi connectivity index (χ2v) is 26.1. The summed E-state index contributed by atoms with van der Waals surface area (Å²) in [5, 5.41) is 3.07. The lowest BCUT2D eigenvalue weighted by Gasteiger charge is -2.27. The number of carbonyl (C=O) groups excluding carboxylic acids is 2. The van der Waals surface area contributed by atoms with Crippen LogP contribution >= 0.6 is 7.82 Å². The molecule has 0 aromatic carbocycles. The van der Waals surface area contributed by atoms with Crippen LogP contribution in [0.2, 0.25) is 0 Å². The number of carbonyl (C=O) groups is 2. The molecule has 3 unspecified atom stereocenters. The molecule has 0 rings (SSSR count). The molecule has 0 radical (unpaired) electrons. The summed E-state index contributed by atoms with van der Waals surface area (Å²) in [7, 11) is 1.48. The first-order valence-corrected chi connectivity index (χ1v) is 36.6. The molecular formula is C74H134N2O7P+. The Hall–Kier alpha value is -3.07.